The number of aromatic hydroxyl groups is 2. The zero-order chi connectivity index (χ0) is 14.7. The van der Waals surface area contributed by atoms with Crippen molar-refractivity contribution in [3.63, 3.8) is 0 Å². The topological polar surface area (TPSA) is 57.5 Å². The number of benzene rings is 2. The van der Waals surface area contributed by atoms with E-state index in [4.69, 9.17) is 0 Å². The summed E-state index contributed by atoms with van der Waals surface area (Å²) in [7, 11) is 0. The van der Waals surface area contributed by atoms with Gasteiger partial charge in [0.05, 0.1) is 10.9 Å². The van der Waals surface area contributed by atoms with Gasteiger partial charge in [-0.1, -0.05) is 26.0 Å². The van der Waals surface area contributed by atoms with E-state index in [0.717, 1.165) is 10.9 Å². The third-order valence-corrected chi connectivity index (χ3v) is 2.88. The number of ketones is 1. The van der Waals surface area contributed by atoms with Gasteiger partial charge in [0.25, 0.3) is 0 Å². The number of aryl methyl sites for hydroxylation is 2. The number of hydrogen-bond acceptors (Lipinski definition) is 3. The predicted molar refractivity (Wildman–Crippen MR) is 78.1 cm³/mol. The molecule has 2 N–H and O–H groups in total. The second-order valence-electron chi connectivity index (χ2n) is 4.36. The highest BCUT2D eigenvalue weighted by molar-refractivity contribution is 6.06. The fourth-order valence-electron chi connectivity index (χ4n) is 2.23. The van der Waals surface area contributed by atoms with Crippen molar-refractivity contribution >= 4 is 16.6 Å². The maximum absolute atomic E-state index is 11.5. The van der Waals surface area contributed by atoms with Gasteiger partial charge < -0.3 is 10.2 Å². The normalized spacial score (nSPS) is 9.95. The van der Waals surface area contributed by atoms with Crippen LogP contribution in [-0.4, -0.2) is 16.0 Å². The van der Waals surface area contributed by atoms with Crippen molar-refractivity contribution in [2.45, 2.75) is 34.6 Å². The van der Waals surface area contributed by atoms with Crippen LogP contribution in [0.4, 0.5) is 0 Å². The molecule has 0 aliphatic carbocycles. The maximum atomic E-state index is 11.5. The molecule has 0 bridgehead atoms. The summed E-state index contributed by atoms with van der Waals surface area (Å²) in [5.41, 5.74) is 1.90. The third kappa shape index (κ3) is 2.70. The van der Waals surface area contributed by atoms with E-state index in [1.54, 1.807) is 19.1 Å². The monoisotopic (exact) mass is 260 g/mol. The highest BCUT2D eigenvalue weighted by atomic mass is 16.3. The molecule has 0 aromatic heterocycles. The first kappa shape index (κ1) is 15.0. The van der Waals surface area contributed by atoms with Gasteiger partial charge in [-0.15, -0.1) is 0 Å². The fourth-order valence-corrected chi connectivity index (χ4v) is 2.23. The van der Waals surface area contributed by atoms with E-state index in [2.05, 4.69) is 0 Å². The maximum Gasteiger partial charge on any atom is 0.163 e. The van der Waals surface area contributed by atoms with Crippen molar-refractivity contribution in [3.05, 3.63) is 34.9 Å². The number of fused-ring (bicyclic) bond motifs is 1. The van der Waals surface area contributed by atoms with Crippen LogP contribution in [-0.2, 0) is 0 Å². The first-order valence-electron chi connectivity index (χ1n) is 6.38. The lowest BCUT2D eigenvalue weighted by atomic mass is 9.96. The molecule has 0 saturated heterocycles. The van der Waals surface area contributed by atoms with Crippen LogP contribution < -0.4 is 0 Å². The molecule has 102 valence electrons. The Morgan fingerprint density at radius 1 is 1.05 bits per heavy atom. The standard InChI is InChI=1S/C14H14O3.C2H6/c1-7-4-10-6-8(2)12(9(3)15)14(17)13(10)11(16)5-7;1-2/h4-6,16-17H,1-3H3;1-2H3. The Hall–Kier alpha value is -2.03. The summed E-state index contributed by atoms with van der Waals surface area (Å²) in [6.07, 6.45) is 0. The summed E-state index contributed by atoms with van der Waals surface area (Å²) in [5, 5.41) is 21.0. The Bertz CT molecular complexity index is 628. The minimum atomic E-state index is -0.207. The van der Waals surface area contributed by atoms with Gasteiger partial charge in [-0.05, 0) is 43.4 Å². The minimum Gasteiger partial charge on any atom is -0.507 e. The van der Waals surface area contributed by atoms with Crippen molar-refractivity contribution in [2.24, 2.45) is 0 Å². The number of rotatable bonds is 1. The number of carbonyl (C=O) groups is 1. The molecule has 0 amide bonds. The van der Waals surface area contributed by atoms with Crippen LogP contribution in [0.1, 0.15) is 42.3 Å². The largest absolute Gasteiger partial charge is 0.507 e. The van der Waals surface area contributed by atoms with Crippen LogP contribution in [0.2, 0.25) is 0 Å². The third-order valence-electron chi connectivity index (χ3n) is 2.88. The van der Waals surface area contributed by atoms with E-state index in [1.165, 1.54) is 6.92 Å². The lowest BCUT2D eigenvalue weighted by molar-refractivity contribution is 0.101. The van der Waals surface area contributed by atoms with Crippen molar-refractivity contribution in [3.8, 4) is 11.5 Å². The summed E-state index contributed by atoms with van der Waals surface area (Å²) >= 11 is 0. The quantitative estimate of drug-likeness (QED) is 0.759. The molecular formula is C16H20O3. The van der Waals surface area contributed by atoms with Crippen molar-refractivity contribution in [1.29, 1.82) is 0 Å². The van der Waals surface area contributed by atoms with E-state index in [-0.39, 0.29) is 22.8 Å². The Labute approximate surface area is 113 Å². The summed E-state index contributed by atoms with van der Waals surface area (Å²) in [6, 6.07) is 5.24. The first-order chi connectivity index (χ1) is 8.91. The number of carbonyl (C=O) groups excluding carboxylic acids is 1. The molecule has 19 heavy (non-hydrogen) atoms. The molecular weight excluding hydrogens is 240 g/mol. The number of phenolic OH excluding ortho intramolecular Hbond substituents is 2. The van der Waals surface area contributed by atoms with Crippen LogP contribution in [0.15, 0.2) is 18.2 Å². The highest BCUT2D eigenvalue weighted by Crippen LogP contribution is 2.38. The van der Waals surface area contributed by atoms with Crippen molar-refractivity contribution in [2.75, 3.05) is 0 Å². The minimum absolute atomic E-state index is 0.000000000000000444. The van der Waals surface area contributed by atoms with Gasteiger partial charge in [0.1, 0.15) is 11.5 Å². The van der Waals surface area contributed by atoms with Gasteiger partial charge in [-0.25, -0.2) is 0 Å². The van der Waals surface area contributed by atoms with E-state index in [1.807, 2.05) is 26.8 Å². The number of phenols is 2. The molecule has 2 aromatic rings. The zero-order valence-electron chi connectivity index (χ0n) is 12.0. The van der Waals surface area contributed by atoms with Gasteiger partial charge in [0, 0.05) is 0 Å². The van der Waals surface area contributed by atoms with Gasteiger partial charge in [0.15, 0.2) is 5.78 Å². The van der Waals surface area contributed by atoms with Crippen LogP contribution in [0.25, 0.3) is 10.8 Å². The Balaban J connectivity index is 0.000000861. The Morgan fingerprint density at radius 2 is 1.63 bits per heavy atom. The summed E-state index contributed by atoms with van der Waals surface area (Å²) < 4.78 is 0. The van der Waals surface area contributed by atoms with Gasteiger partial charge in [-0.3, -0.25) is 4.79 Å². The van der Waals surface area contributed by atoms with E-state index in [0.29, 0.717) is 10.9 Å². The molecule has 0 atom stereocenters. The average molecular weight is 260 g/mol. The molecule has 0 fully saturated rings. The molecule has 0 aliphatic rings. The van der Waals surface area contributed by atoms with E-state index < -0.39 is 0 Å². The summed E-state index contributed by atoms with van der Waals surface area (Å²) in [5.74, 6) is -0.341. The van der Waals surface area contributed by atoms with Crippen LogP contribution >= 0.6 is 0 Å². The molecule has 3 heteroatoms. The molecule has 0 saturated carbocycles. The summed E-state index contributed by atoms with van der Waals surface area (Å²) in [6.45, 7) is 9.04. The SMILES string of the molecule is CC.CC(=O)c1c(C)cc2cc(C)cc(O)c2c1O. The second-order valence-corrected chi connectivity index (χ2v) is 4.36. The van der Waals surface area contributed by atoms with Gasteiger partial charge in [-0.2, -0.15) is 0 Å². The number of Topliss-reactive ketones (excluding diaryl/α,β-unsaturated/α-hetero) is 1. The molecule has 0 aliphatic heterocycles. The van der Waals surface area contributed by atoms with Gasteiger partial charge >= 0.3 is 0 Å². The molecule has 0 radical (unpaired) electrons. The first-order valence-corrected chi connectivity index (χ1v) is 6.38. The summed E-state index contributed by atoms with van der Waals surface area (Å²) in [4.78, 5) is 11.5. The lowest BCUT2D eigenvalue weighted by Gasteiger charge is -2.11. The van der Waals surface area contributed by atoms with Gasteiger partial charge in [0.2, 0.25) is 0 Å². The smallest absolute Gasteiger partial charge is 0.163 e. The van der Waals surface area contributed by atoms with Crippen LogP contribution in [0, 0.1) is 13.8 Å². The second kappa shape index (κ2) is 5.74. The van der Waals surface area contributed by atoms with E-state index >= 15 is 0 Å². The average Bonchev–Trinajstić information content (AvgIpc) is 2.29. The number of hydrogen-bond donors (Lipinski definition) is 2. The predicted octanol–water partition coefficient (Wildman–Crippen LogP) is 4.10. The fraction of sp³-hybridized carbons (Fsp3) is 0.312. The Kier molecular flexibility index (Phi) is 4.54. The Morgan fingerprint density at radius 3 is 2.16 bits per heavy atom. The zero-order valence-corrected chi connectivity index (χ0v) is 12.0. The lowest BCUT2D eigenvalue weighted by Crippen LogP contribution is -1.97. The highest BCUT2D eigenvalue weighted by Gasteiger charge is 2.16. The van der Waals surface area contributed by atoms with Crippen LogP contribution in [0.3, 0.4) is 0 Å². The van der Waals surface area contributed by atoms with Crippen LogP contribution in [0.5, 0.6) is 11.5 Å². The molecule has 3 nitrogen and oxygen atoms in total. The van der Waals surface area contributed by atoms with E-state index in [9.17, 15) is 15.0 Å². The molecule has 0 heterocycles. The molecule has 2 aromatic carbocycles. The molecule has 0 spiro atoms. The molecule has 0 unspecified atom stereocenters. The molecule has 2 rings (SSSR count). The van der Waals surface area contributed by atoms with Crippen molar-refractivity contribution < 1.29 is 15.0 Å². The van der Waals surface area contributed by atoms with Crippen molar-refractivity contribution in [1.82, 2.24) is 0 Å².